The average molecular weight is 580 g/mol. The Morgan fingerprint density at radius 1 is 0.872 bits per heavy atom. The van der Waals surface area contributed by atoms with Crippen LogP contribution in [0.1, 0.15) is 64.2 Å². The number of phosphoric acid groups is 1. The molecule has 1 aromatic carbocycles. The van der Waals surface area contributed by atoms with Crippen LogP contribution in [0.5, 0.6) is 5.75 Å². The highest BCUT2D eigenvalue weighted by atomic mass is 31.2. The number of aliphatic hydroxyl groups is 3. The highest BCUT2D eigenvalue weighted by Gasteiger charge is 2.45. The third kappa shape index (κ3) is 12.6. The number of aliphatic hydroxyl groups excluding tert-OH is 3. The number of rotatable bonds is 6. The van der Waals surface area contributed by atoms with E-state index in [1.807, 2.05) is 0 Å². The minimum atomic E-state index is -5.34. The summed E-state index contributed by atoms with van der Waals surface area (Å²) in [6, 6.07) is 6.24. The van der Waals surface area contributed by atoms with Crippen molar-refractivity contribution in [2.45, 2.75) is 107 Å². The summed E-state index contributed by atoms with van der Waals surface area (Å²) >= 11 is 0. The molecule has 0 bridgehead atoms. The molecule has 3 fully saturated rings. The van der Waals surface area contributed by atoms with Crippen LogP contribution in [0.4, 0.5) is 5.69 Å². The summed E-state index contributed by atoms with van der Waals surface area (Å²) in [6.07, 6.45) is 5.85. The van der Waals surface area contributed by atoms with E-state index in [1.54, 1.807) is 0 Å². The van der Waals surface area contributed by atoms with E-state index in [0.29, 0.717) is 0 Å². The largest absolute Gasteiger partial charge is 0.790 e. The minimum Gasteiger partial charge on any atom is -0.790 e. The minimum absolute atomic E-state index is 0.0382. The van der Waals surface area contributed by atoms with Gasteiger partial charge in [0.25, 0.3) is 5.69 Å². The molecule has 1 aliphatic heterocycles. The molecule has 14 nitrogen and oxygen atoms in total. The lowest BCUT2D eigenvalue weighted by atomic mass is 9.97. The van der Waals surface area contributed by atoms with Gasteiger partial charge >= 0.3 is 0 Å². The maximum atomic E-state index is 10.6. The standard InChI is InChI=1S/C12H16NO11P.2C6H13N/c14-9-8(5-22-25(19,20)21)24-12(11(16)10(9)15)23-7-3-1-6(2-4-7)13(17)18;2*7-6-4-2-1-3-5-6/h1-4,8-12,14-16H,5H2,(H2,19,20,21);2*6H,1-5,7H2/t8-,9+,10+,11-,12-;;/m1../s1. The molecule has 3 aliphatic rings. The van der Waals surface area contributed by atoms with E-state index in [9.17, 15) is 39.8 Å². The van der Waals surface area contributed by atoms with Gasteiger partial charge in [-0.1, -0.05) is 12.8 Å². The predicted molar refractivity (Wildman–Crippen MR) is 133 cm³/mol. The predicted octanol–water partition coefficient (Wildman–Crippen LogP) is -1.25. The first-order valence-corrected chi connectivity index (χ1v) is 14.8. The number of ether oxygens (including phenoxy) is 2. The van der Waals surface area contributed by atoms with Gasteiger partial charge in [-0.15, -0.1) is 0 Å². The lowest BCUT2D eigenvalue weighted by Gasteiger charge is -2.41. The van der Waals surface area contributed by atoms with Crippen molar-refractivity contribution in [3.63, 3.8) is 0 Å². The molecular formula is C24H42N3O11P. The van der Waals surface area contributed by atoms with Crippen molar-refractivity contribution in [1.82, 2.24) is 0 Å². The van der Waals surface area contributed by atoms with Crippen molar-refractivity contribution in [2.24, 2.45) is 0 Å². The quantitative estimate of drug-likeness (QED) is 0.151. The van der Waals surface area contributed by atoms with E-state index in [0.717, 1.165) is 24.2 Å². The second-order valence-corrected chi connectivity index (χ2v) is 11.3. The molecular weight excluding hydrogens is 537 g/mol. The summed E-state index contributed by atoms with van der Waals surface area (Å²) in [7, 11) is -5.34. The third-order valence-corrected chi connectivity index (χ3v) is 7.28. The van der Waals surface area contributed by atoms with Gasteiger partial charge in [-0.05, 0) is 63.5 Å². The zero-order valence-electron chi connectivity index (χ0n) is 22.0. The van der Waals surface area contributed by atoms with E-state index < -0.39 is 50.1 Å². The molecule has 1 heterocycles. The summed E-state index contributed by atoms with van der Waals surface area (Å²) in [4.78, 5) is 31.0. The van der Waals surface area contributed by atoms with E-state index >= 15 is 0 Å². The third-order valence-electron chi connectivity index (χ3n) is 6.81. The molecule has 0 spiro atoms. The number of non-ortho nitro benzene ring substituents is 1. The lowest BCUT2D eigenvalue weighted by molar-refractivity contribution is -0.425. The SMILES string of the molecule is O=[N+]([O-])c1ccc(O[C@@H]2O[C@H](COP(=O)([O-])[O-])[C@H](O)[C@H](O)[C@H]2O)cc1.[NH3+]C1CCCCC1.[NH3+]C1CCCCC1. The van der Waals surface area contributed by atoms with Gasteiger partial charge in [0, 0.05) is 12.1 Å². The number of quaternary nitrogens is 2. The molecule has 15 heteroatoms. The number of hydrogen-bond acceptors (Lipinski definition) is 11. The molecule has 9 N–H and O–H groups in total. The maximum Gasteiger partial charge on any atom is 0.269 e. The van der Waals surface area contributed by atoms with Crippen LogP contribution in [-0.4, -0.2) is 69.6 Å². The van der Waals surface area contributed by atoms with Crippen LogP contribution in [0.15, 0.2) is 24.3 Å². The van der Waals surface area contributed by atoms with Gasteiger partial charge in [0.05, 0.1) is 31.4 Å². The van der Waals surface area contributed by atoms with E-state index in [2.05, 4.69) is 16.0 Å². The van der Waals surface area contributed by atoms with Gasteiger partial charge in [0.2, 0.25) is 6.29 Å². The Morgan fingerprint density at radius 2 is 1.36 bits per heavy atom. The van der Waals surface area contributed by atoms with Crippen LogP contribution in [0.25, 0.3) is 0 Å². The van der Waals surface area contributed by atoms with Crippen LogP contribution in [-0.2, 0) is 13.8 Å². The number of nitrogens with zero attached hydrogens (tertiary/aromatic N) is 1. The van der Waals surface area contributed by atoms with E-state index in [1.165, 1.54) is 76.3 Å². The van der Waals surface area contributed by atoms with Crippen LogP contribution in [0.3, 0.4) is 0 Å². The van der Waals surface area contributed by atoms with Crippen molar-refractivity contribution in [1.29, 1.82) is 0 Å². The molecule has 0 amide bonds. The summed E-state index contributed by atoms with van der Waals surface area (Å²) in [6.45, 7) is -0.894. The number of phosphoric ester groups is 1. The van der Waals surface area contributed by atoms with Crippen molar-refractivity contribution >= 4 is 13.5 Å². The van der Waals surface area contributed by atoms with Gasteiger partial charge in [-0.25, -0.2) is 0 Å². The molecule has 0 unspecified atom stereocenters. The first-order chi connectivity index (χ1) is 18.4. The normalized spacial score (nSPS) is 28.3. The number of nitro groups is 1. The molecule has 5 atom stereocenters. The number of nitro benzene ring substituents is 1. The van der Waals surface area contributed by atoms with Crippen molar-refractivity contribution in [3.05, 3.63) is 34.4 Å². The molecule has 4 rings (SSSR count). The summed E-state index contributed by atoms with van der Waals surface area (Å²) in [5, 5.41) is 40.0. The molecule has 224 valence electrons. The second kappa shape index (κ2) is 16.5. The molecule has 0 radical (unpaired) electrons. The topological polar surface area (TPSA) is 250 Å². The van der Waals surface area contributed by atoms with E-state index in [-0.39, 0.29) is 11.4 Å². The van der Waals surface area contributed by atoms with Gasteiger partial charge in [0.1, 0.15) is 30.2 Å². The Labute approximate surface area is 227 Å². The number of hydrogen-bond donors (Lipinski definition) is 5. The van der Waals surface area contributed by atoms with Crippen molar-refractivity contribution < 1.29 is 60.1 Å². The Balaban J connectivity index is 0.000000306. The van der Waals surface area contributed by atoms with Gasteiger partial charge < -0.3 is 55.1 Å². The zero-order valence-corrected chi connectivity index (χ0v) is 22.9. The van der Waals surface area contributed by atoms with Crippen LogP contribution < -0.4 is 26.0 Å². The molecule has 39 heavy (non-hydrogen) atoms. The fraction of sp³-hybridized carbons (Fsp3) is 0.750. The fourth-order valence-corrected chi connectivity index (χ4v) is 4.80. The van der Waals surface area contributed by atoms with Crippen molar-refractivity contribution in [2.75, 3.05) is 6.61 Å². The Bertz CT molecular complexity index is 876. The molecule has 2 aliphatic carbocycles. The highest BCUT2D eigenvalue weighted by Crippen LogP contribution is 2.30. The Hall–Kier alpha value is -1.71. The first kappa shape index (κ1) is 33.5. The van der Waals surface area contributed by atoms with Gasteiger partial charge in [-0.2, -0.15) is 0 Å². The Morgan fingerprint density at radius 3 is 1.74 bits per heavy atom. The fourth-order valence-electron chi connectivity index (χ4n) is 4.47. The maximum absolute atomic E-state index is 10.6. The highest BCUT2D eigenvalue weighted by molar-refractivity contribution is 7.43. The van der Waals surface area contributed by atoms with Gasteiger partial charge in [-0.3, -0.25) is 10.1 Å². The smallest absolute Gasteiger partial charge is 0.269 e. The lowest BCUT2D eigenvalue weighted by Crippen LogP contribution is -2.61. The first-order valence-electron chi connectivity index (χ1n) is 13.3. The number of benzene rings is 1. The van der Waals surface area contributed by atoms with Crippen LogP contribution in [0.2, 0.25) is 0 Å². The molecule has 1 saturated heterocycles. The summed E-state index contributed by atoms with van der Waals surface area (Å²) in [5.74, 6) is 0.0382. The second-order valence-electron chi connectivity index (χ2n) is 10.1. The van der Waals surface area contributed by atoms with E-state index in [4.69, 9.17) is 9.47 Å². The summed E-state index contributed by atoms with van der Waals surface area (Å²) in [5.41, 5.74) is 7.79. The molecule has 0 aromatic heterocycles. The van der Waals surface area contributed by atoms with Crippen LogP contribution >= 0.6 is 7.82 Å². The zero-order chi connectivity index (χ0) is 29.0. The van der Waals surface area contributed by atoms with Crippen LogP contribution in [0, 0.1) is 10.1 Å². The van der Waals surface area contributed by atoms with Crippen molar-refractivity contribution in [3.8, 4) is 5.75 Å². The summed E-state index contributed by atoms with van der Waals surface area (Å²) < 4.78 is 24.9. The van der Waals surface area contributed by atoms with Gasteiger partial charge in [0.15, 0.2) is 0 Å². The molecule has 2 saturated carbocycles. The Kier molecular flexibility index (Phi) is 14.2. The monoisotopic (exact) mass is 579 g/mol. The average Bonchev–Trinajstić information content (AvgIpc) is 2.90. The molecule has 1 aromatic rings.